The first-order chi connectivity index (χ1) is 7.22. The molecular formula is C12H21NS2. The minimum absolute atomic E-state index is 0.580. The lowest BCUT2D eigenvalue weighted by Gasteiger charge is -2.19. The molecular weight excluding hydrogens is 222 g/mol. The summed E-state index contributed by atoms with van der Waals surface area (Å²) in [6.07, 6.45) is 4.57. The molecule has 0 aromatic carbocycles. The topological polar surface area (TPSA) is 12.0 Å². The summed E-state index contributed by atoms with van der Waals surface area (Å²) in [7, 11) is 0. The first kappa shape index (κ1) is 13.1. The normalized spacial score (nSPS) is 15.1. The van der Waals surface area contributed by atoms with E-state index in [1.807, 2.05) is 11.8 Å². The molecule has 1 rings (SSSR count). The highest BCUT2D eigenvalue weighted by Crippen LogP contribution is 2.09. The Balaban J connectivity index is 2.20. The van der Waals surface area contributed by atoms with Gasteiger partial charge in [0.25, 0.3) is 0 Å². The van der Waals surface area contributed by atoms with Crippen molar-refractivity contribution in [3.8, 4) is 0 Å². The van der Waals surface area contributed by atoms with Gasteiger partial charge in [-0.15, -0.1) is 0 Å². The Morgan fingerprint density at radius 3 is 2.80 bits per heavy atom. The van der Waals surface area contributed by atoms with Crippen molar-refractivity contribution < 1.29 is 0 Å². The van der Waals surface area contributed by atoms with Crippen molar-refractivity contribution in [2.24, 2.45) is 0 Å². The van der Waals surface area contributed by atoms with Crippen molar-refractivity contribution >= 4 is 23.1 Å². The van der Waals surface area contributed by atoms with Gasteiger partial charge < -0.3 is 5.32 Å². The number of thiophene rings is 1. The average Bonchev–Trinajstić information content (AvgIpc) is 2.67. The van der Waals surface area contributed by atoms with Crippen LogP contribution in [0, 0.1) is 0 Å². The van der Waals surface area contributed by atoms with Crippen LogP contribution in [0.4, 0.5) is 0 Å². The van der Waals surface area contributed by atoms with E-state index < -0.39 is 0 Å². The van der Waals surface area contributed by atoms with E-state index in [9.17, 15) is 0 Å². The summed E-state index contributed by atoms with van der Waals surface area (Å²) in [6.45, 7) is 4.55. The minimum Gasteiger partial charge on any atom is -0.311 e. The summed E-state index contributed by atoms with van der Waals surface area (Å²) in [5.41, 5.74) is 1.46. The molecule has 3 heteroatoms. The van der Waals surface area contributed by atoms with Gasteiger partial charge in [0.15, 0.2) is 0 Å². The molecule has 15 heavy (non-hydrogen) atoms. The molecule has 1 N–H and O–H groups in total. The quantitative estimate of drug-likeness (QED) is 0.787. The van der Waals surface area contributed by atoms with Crippen LogP contribution in [-0.4, -0.2) is 24.1 Å². The molecule has 1 heterocycles. The van der Waals surface area contributed by atoms with E-state index in [1.165, 1.54) is 17.7 Å². The average molecular weight is 243 g/mol. The van der Waals surface area contributed by atoms with Crippen molar-refractivity contribution in [2.45, 2.75) is 38.8 Å². The van der Waals surface area contributed by atoms with Crippen LogP contribution in [-0.2, 0) is 6.42 Å². The molecule has 0 saturated carbocycles. The molecule has 2 atom stereocenters. The number of rotatable bonds is 7. The van der Waals surface area contributed by atoms with E-state index in [0.717, 1.165) is 6.42 Å². The molecule has 0 saturated heterocycles. The standard InChI is InChI=1S/C12H21NS2/c1-10(4-6-14-3)13-11(2)8-12-5-7-15-9-12/h5,7,9-11,13H,4,6,8H2,1-3H3. The Morgan fingerprint density at radius 2 is 2.20 bits per heavy atom. The van der Waals surface area contributed by atoms with Gasteiger partial charge in [-0.2, -0.15) is 23.1 Å². The van der Waals surface area contributed by atoms with Crippen molar-refractivity contribution in [1.29, 1.82) is 0 Å². The van der Waals surface area contributed by atoms with Crippen LogP contribution in [0.5, 0.6) is 0 Å². The molecule has 0 aliphatic rings. The molecule has 86 valence electrons. The number of nitrogens with one attached hydrogen (secondary N) is 1. The molecule has 1 aromatic heterocycles. The zero-order valence-corrected chi connectivity index (χ0v) is 11.5. The van der Waals surface area contributed by atoms with E-state index in [0.29, 0.717) is 12.1 Å². The number of hydrogen-bond acceptors (Lipinski definition) is 3. The monoisotopic (exact) mass is 243 g/mol. The third-order valence-electron chi connectivity index (χ3n) is 2.45. The fraction of sp³-hybridized carbons (Fsp3) is 0.667. The smallest absolute Gasteiger partial charge is 0.00819 e. The van der Waals surface area contributed by atoms with Crippen LogP contribution < -0.4 is 5.32 Å². The van der Waals surface area contributed by atoms with Crippen LogP contribution in [0.1, 0.15) is 25.8 Å². The second-order valence-corrected chi connectivity index (χ2v) is 5.85. The summed E-state index contributed by atoms with van der Waals surface area (Å²) >= 11 is 3.71. The second kappa shape index (κ2) is 7.31. The third-order valence-corrected chi connectivity index (χ3v) is 3.82. The Kier molecular flexibility index (Phi) is 6.37. The van der Waals surface area contributed by atoms with Gasteiger partial charge in [0.1, 0.15) is 0 Å². The fourth-order valence-electron chi connectivity index (χ4n) is 1.68. The maximum atomic E-state index is 3.64. The number of hydrogen-bond donors (Lipinski definition) is 1. The maximum Gasteiger partial charge on any atom is 0.00819 e. The Labute approximate surface area is 102 Å². The molecule has 2 unspecified atom stereocenters. The third kappa shape index (κ3) is 5.59. The van der Waals surface area contributed by atoms with Crippen LogP contribution in [0.2, 0.25) is 0 Å². The summed E-state index contributed by atoms with van der Waals surface area (Å²) in [5.74, 6) is 1.25. The molecule has 0 radical (unpaired) electrons. The van der Waals surface area contributed by atoms with Gasteiger partial charge in [0.2, 0.25) is 0 Å². The molecule has 1 aromatic rings. The zero-order valence-electron chi connectivity index (χ0n) is 9.82. The lowest BCUT2D eigenvalue weighted by molar-refractivity contribution is 0.458. The summed E-state index contributed by atoms with van der Waals surface area (Å²) in [6, 6.07) is 3.43. The Bertz CT molecular complexity index is 246. The highest BCUT2D eigenvalue weighted by Gasteiger charge is 2.07. The van der Waals surface area contributed by atoms with Crippen molar-refractivity contribution in [3.05, 3.63) is 22.4 Å². The lowest BCUT2D eigenvalue weighted by atomic mass is 10.1. The summed E-state index contributed by atoms with van der Waals surface area (Å²) in [5, 5.41) is 8.04. The fourth-order valence-corrected chi connectivity index (χ4v) is 2.96. The first-order valence-corrected chi connectivity index (χ1v) is 7.82. The first-order valence-electron chi connectivity index (χ1n) is 5.48. The SMILES string of the molecule is CSCCC(C)NC(C)Cc1ccsc1. The lowest BCUT2D eigenvalue weighted by Crippen LogP contribution is -2.36. The molecule has 0 fully saturated rings. The van der Waals surface area contributed by atoms with Gasteiger partial charge in [-0.05, 0) is 61.1 Å². The number of thioether (sulfide) groups is 1. The van der Waals surface area contributed by atoms with Gasteiger partial charge in [0.05, 0.1) is 0 Å². The van der Waals surface area contributed by atoms with Crippen LogP contribution in [0.25, 0.3) is 0 Å². The van der Waals surface area contributed by atoms with E-state index >= 15 is 0 Å². The molecule has 0 spiro atoms. The Hall–Kier alpha value is 0.01000. The van der Waals surface area contributed by atoms with E-state index in [-0.39, 0.29) is 0 Å². The van der Waals surface area contributed by atoms with Gasteiger partial charge in [-0.3, -0.25) is 0 Å². The van der Waals surface area contributed by atoms with Crippen LogP contribution >= 0.6 is 23.1 Å². The van der Waals surface area contributed by atoms with Crippen molar-refractivity contribution in [2.75, 3.05) is 12.0 Å². The molecule has 0 bridgehead atoms. The summed E-state index contributed by atoms with van der Waals surface area (Å²) in [4.78, 5) is 0. The zero-order chi connectivity index (χ0) is 11.1. The Morgan fingerprint density at radius 1 is 1.40 bits per heavy atom. The van der Waals surface area contributed by atoms with Crippen molar-refractivity contribution in [1.82, 2.24) is 5.32 Å². The summed E-state index contributed by atoms with van der Waals surface area (Å²) < 4.78 is 0. The molecule has 0 amide bonds. The van der Waals surface area contributed by atoms with Gasteiger partial charge in [-0.25, -0.2) is 0 Å². The van der Waals surface area contributed by atoms with Crippen LogP contribution in [0.3, 0.4) is 0 Å². The van der Waals surface area contributed by atoms with Gasteiger partial charge in [-0.1, -0.05) is 0 Å². The van der Waals surface area contributed by atoms with Gasteiger partial charge >= 0.3 is 0 Å². The van der Waals surface area contributed by atoms with E-state index in [1.54, 1.807) is 11.3 Å². The maximum absolute atomic E-state index is 3.64. The molecule has 0 aliphatic heterocycles. The largest absolute Gasteiger partial charge is 0.311 e. The second-order valence-electron chi connectivity index (χ2n) is 4.09. The minimum atomic E-state index is 0.580. The van der Waals surface area contributed by atoms with Crippen molar-refractivity contribution in [3.63, 3.8) is 0 Å². The molecule has 1 nitrogen and oxygen atoms in total. The predicted octanol–water partition coefficient (Wildman–Crippen LogP) is 3.41. The van der Waals surface area contributed by atoms with E-state index in [4.69, 9.17) is 0 Å². The predicted molar refractivity (Wildman–Crippen MR) is 73.1 cm³/mol. The highest BCUT2D eigenvalue weighted by atomic mass is 32.2. The van der Waals surface area contributed by atoms with Crippen LogP contribution in [0.15, 0.2) is 16.8 Å². The molecule has 0 aliphatic carbocycles. The highest BCUT2D eigenvalue weighted by molar-refractivity contribution is 7.98. The van der Waals surface area contributed by atoms with Gasteiger partial charge in [0, 0.05) is 12.1 Å². The van der Waals surface area contributed by atoms with E-state index in [2.05, 4.69) is 42.2 Å².